The van der Waals surface area contributed by atoms with Gasteiger partial charge in [0.1, 0.15) is 10.2 Å². The molecule has 1 atom stereocenters. The van der Waals surface area contributed by atoms with E-state index in [1.807, 2.05) is 39.8 Å². The molecular weight excluding hydrogens is 514 g/mol. The fraction of sp³-hybridized carbons (Fsp3) is 0.560. The zero-order valence-electron chi connectivity index (χ0n) is 20.9. The molecule has 4 rings (SSSR count). The van der Waals surface area contributed by atoms with Crippen LogP contribution in [0.3, 0.4) is 0 Å². The number of aromatic nitrogens is 3. The van der Waals surface area contributed by atoms with Gasteiger partial charge in [-0.05, 0) is 81.4 Å². The summed E-state index contributed by atoms with van der Waals surface area (Å²) in [5.41, 5.74) is 2.17. The van der Waals surface area contributed by atoms with Crippen LogP contribution >= 0.6 is 15.9 Å². The molecule has 1 fully saturated rings. The fourth-order valence-corrected chi connectivity index (χ4v) is 5.22. The Labute approximate surface area is 214 Å². The summed E-state index contributed by atoms with van der Waals surface area (Å²) in [7, 11) is 0. The number of piperidine rings is 1. The van der Waals surface area contributed by atoms with Gasteiger partial charge in [0, 0.05) is 30.4 Å². The van der Waals surface area contributed by atoms with Gasteiger partial charge in [0.15, 0.2) is 11.5 Å². The molecule has 1 amide bonds. The number of rotatable bonds is 4. The van der Waals surface area contributed by atoms with E-state index < -0.39 is 17.7 Å². The van der Waals surface area contributed by atoms with Crippen LogP contribution in [0, 0.1) is 12.3 Å². The maximum atomic E-state index is 12.7. The van der Waals surface area contributed by atoms with E-state index >= 15 is 0 Å². The summed E-state index contributed by atoms with van der Waals surface area (Å²) in [4.78, 5) is 41.2. The minimum absolute atomic E-state index is 0.202. The first-order valence-corrected chi connectivity index (χ1v) is 12.7. The van der Waals surface area contributed by atoms with Crippen molar-refractivity contribution in [3.63, 3.8) is 0 Å². The molecule has 9 nitrogen and oxygen atoms in total. The lowest BCUT2D eigenvalue weighted by Crippen LogP contribution is -2.48. The summed E-state index contributed by atoms with van der Waals surface area (Å²) in [5.74, 6) is 0.0437. The zero-order valence-corrected chi connectivity index (χ0v) is 22.4. The molecule has 1 spiro atoms. The first-order chi connectivity index (χ1) is 16.5. The standard InChI is InChI=1S/C25H32BrN5O4/c1-6-34-22(32)18-21(28-15(2)20(26)29-18)31-12-9-25(10-13-31)14-17-16(8-7-11-27-17)19(25)30-23(33)35-24(3,4)5/h7-8,11,19H,6,9-10,12-14H2,1-5H3,(H,30,33)/t19-/m1/s1. The summed E-state index contributed by atoms with van der Waals surface area (Å²) in [5, 5.41) is 3.14. The Bertz CT molecular complexity index is 1130. The number of amides is 1. The summed E-state index contributed by atoms with van der Waals surface area (Å²) in [6.07, 6.45) is 3.70. The molecule has 0 unspecified atom stereocenters. The first-order valence-electron chi connectivity index (χ1n) is 11.9. The third kappa shape index (κ3) is 5.27. The van der Waals surface area contributed by atoms with E-state index in [0.717, 1.165) is 30.5 Å². The number of anilines is 1. The number of nitrogens with zero attached hydrogens (tertiary/aromatic N) is 4. The number of aryl methyl sites for hydroxylation is 1. The lowest BCUT2D eigenvalue weighted by Gasteiger charge is -2.44. The molecule has 0 aromatic carbocycles. The Balaban J connectivity index is 1.59. The van der Waals surface area contributed by atoms with Crippen LogP contribution in [0.5, 0.6) is 0 Å². The van der Waals surface area contributed by atoms with Gasteiger partial charge in [0.25, 0.3) is 0 Å². The van der Waals surface area contributed by atoms with Crippen LogP contribution < -0.4 is 10.2 Å². The molecule has 1 N–H and O–H groups in total. The number of carbonyl (C=O) groups excluding carboxylic acids is 2. The number of hydrogen-bond donors (Lipinski definition) is 1. The van der Waals surface area contributed by atoms with E-state index in [9.17, 15) is 9.59 Å². The van der Waals surface area contributed by atoms with Crippen LogP contribution in [-0.2, 0) is 15.9 Å². The van der Waals surface area contributed by atoms with Crippen LogP contribution in [0.4, 0.5) is 10.6 Å². The van der Waals surface area contributed by atoms with E-state index in [4.69, 9.17) is 9.47 Å². The van der Waals surface area contributed by atoms with Crippen LogP contribution in [0.1, 0.15) is 74.0 Å². The van der Waals surface area contributed by atoms with E-state index in [1.54, 1.807) is 13.1 Å². The van der Waals surface area contributed by atoms with Crippen molar-refractivity contribution in [1.29, 1.82) is 0 Å². The third-order valence-corrected chi connectivity index (χ3v) is 7.30. The van der Waals surface area contributed by atoms with Crippen molar-refractivity contribution in [1.82, 2.24) is 20.3 Å². The van der Waals surface area contributed by atoms with E-state index in [0.29, 0.717) is 29.2 Å². The number of halogens is 1. The largest absolute Gasteiger partial charge is 0.461 e. The number of fused-ring (bicyclic) bond motifs is 1. The summed E-state index contributed by atoms with van der Waals surface area (Å²) < 4.78 is 11.3. The lowest BCUT2D eigenvalue weighted by molar-refractivity contribution is 0.0425. The molecule has 10 heteroatoms. The highest BCUT2D eigenvalue weighted by molar-refractivity contribution is 9.10. The molecular formula is C25H32BrN5O4. The van der Waals surface area contributed by atoms with Gasteiger partial charge in [-0.3, -0.25) is 4.98 Å². The number of pyridine rings is 1. The molecule has 3 heterocycles. The molecule has 35 heavy (non-hydrogen) atoms. The molecule has 1 aliphatic heterocycles. The maximum Gasteiger partial charge on any atom is 0.408 e. The minimum Gasteiger partial charge on any atom is -0.461 e. The zero-order chi connectivity index (χ0) is 25.4. The monoisotopic (exact) mass is 545 g/mol. The van der Waals surface area contributed by atoms with Crippen molar-refractivity contribution in [2.45, 2.75) is 65.5 Å². The van der Waals surface area contributed by atoms with Crippen molar-refractivity contribution in [2.75, 3.05) is 24.6 Å². The highest BCUT2D eigenvalue weighted by atomic mass is 79.9. The number of hydrogen-bond acceptors (Lipinski definition) is 8. The highest BCUT2D eigenvalue weighted by Gasteiger charge is 2.49. The topological polar surface area (TPSA) is 107 Å². The minimum atomic E-state index is -0.585. The molecule has 0 radical (unpaired) electrons. The van der Waals surface area contributed by atoms with Gasteiger partial charge in [-0.15, -0.1) is 0 Å². The molecule has 0 saturated carbocycles. The molecule has 188 valence electrons. The Hall–Kier alpha value is -2.75. The number of nitrogens with one attached hydrogen (secondary N) is 1. The van der Waals surface area contributed by atoms with E-state index in [-0.39, 0.29) is 23.8 Å². The van der Waals surface area contributed by atoms with Gasteiger partial charge in [-0.25, -0.2) is 19.6 Å². The predicted molar refractivity (Wildman–Crippen MR) is 134 cm³/mol. The molecule has 2 aromatic rings. The van der Waals surface area contributed by atoms with E-state index in [1.165, 1.54) is 0 Å². The number of ether oxygens (including phenoxy) is 2. The van der Waals surface area contributed by atoms with Crippen molar-refractivity contribution < 1.29 is 19.1 Å². The van der Waals surface area contributed by atoms with Crippen LogP contribution in [0.15, 0.2) is 22.9 Å². The Morgan fingerprint density at radius 2 is 1.97 bits per heavy atom. The van der Waals surface area contributed by atoms with E-state index in [2.05, 4.69) is 41.1 Å². The fourth-order valence-electron chi connectivity index (χ4n) is 4.96. The van der Waals surface area contributed by atoms with Gasteiger partial charge in [0.2, 0.25) is 0 Å². The van der Waals surface area contributed by atoms with Crippen LogP contribution in [0.2, 0.25) is 0 Å². The lowest BCUT2D eigenvalue weighted by atomic mass is 9.73. The van der Waals surface area contributed by atoms with Crippen molar-refractivity contribution in [3.05, 3.63) is 45.6 Å². The average molecular weight is 546 g/mol. The van der Waals surface area contributed by atoms with Gasteiger partial charge in [0.05, 0.1) is 18.3 Å². The predicted octanol–water partition coefficient (Wildman–Crippen LogP) is 4.53. The first kappa shape index (κ1) is 25.3. The Morgan fingerprint density at radius 3 is 2.63 bits per heavy atom. The van der Waals surface area contributed by atoms with Crippen molar-refractivity contribution in [3.8, 4) is 0 Å². The summed E-state index contributed by atoms with van der Waals surface area (Å²) in [6.45, 7) is 10.8. The number of esters is 1. The smallest absolute Gasteiger partial charge is 0.408 e. The third-order valence-electron chi connectivity index (χ3n) is 6.55. The van der Waals surface area contributed by atoms with Crippen molar-refractivity contribution in [2.24, 2.45) is 5.41 Å². The second kappa shape index (κ2) is 9.72. The normalized spacial score (nSPS) is 18.8. The maximum absolute atomic E-state index is 12.7. The van der Waals surface area contributed by atoms with Crippen LogP contribution in [-0.4, -0.2) is 52.3 Å². The molecule has 1 aliphatic carbocycles. The highest BCUT2D eigenvalue weighted by Crippen LogP contribution is 2.52. The van der Waals surface area contributed by atoms with Crippen molar-refractivity contribution >= 4 is 33.8 Å². The van der Waals surface area contributed by atoms with Gasteiger partial charge in [-0.1, -0.05) is 6.07 Å². The molecule has 1 saturated heterocycles. The Kier molecular flexibility index (Phi) is 7.04. The SMILES string of the molecule is CCOC(=O)c1nc(Br)c(C)nc1N1CCC2(CC1)Cc1ncccc1[C@H]2NC(=O)OC(C)(C)C. The molecule has 2 aliphatic rings. The second-order valence-corrected chi connectivity index (χ2v) is 10.9. The number of alkyl carbamates (subject to hydrolysis) is 1. The Morgan fingerprint density at radius 1 is 1.26 bits per heavy atom. The van der Waals surface area contributed by atoms with Crippen LogP contribution in [0.25, 0.3) is 0 Å². The summed E-state index contributed by atoms with van der Waals surface area (Å²) in [6, 6.07) is 3.74. The van der Waals surface area contributed by atoms with Gasteiger partial charge in [-0.2, -0.15) is 0 Å². The molecule has 2 aromatic heterocycles. The second-order valence-electron chi connectivity index (χ2n) is 10.1. The van der Waals surface area contributed by atoms with Gasteiger partial charge >= 0.3 is 12.1 Å². The molecule has 0 bridgehead atoms. The summed E-state index contributed by atoms with van der Waals surface area (Å²) >= 11 is 3.38. The van der Waals surface area contributed by atoms with Gasteiger partial charge < -0.3 is 19.7 Å². The quantitative estimate of drug-likeness (QED) is 0.558. The number of carbonyl (C=O) groups is 2. The average Bonchev–Trinajstić information content (AvgIpc) is 3.07.